The fraction of sp³-hybridized carbons (Fsp3) is 0.500. The molecule has 2 rings (SSSR count). The molecule has 1 fully saturated rings. The zero-order chi connectivity index (χ0) is 19.3. The lowest BCUT2D eigenvalue weighted by Gasteiger charge is -2.18. The van der Waals surface area contributed by atoms with E-state index in [1.54, 1.807) is 0 Å². The van der Waals surface area contributed by atoms with Gasteiger partial charge in [-0.15, -0.1) is 0 Å². The number of carboxylic acids is 1. The van der Waals surface area contributed by atoms with E-state index < -0.39 is 27.9 Å². The van der Waals surface area contributed by atoms with Crippen molar-refractivity contribution >= 4 is 45.3 Å². The molecule has 0 spiro atoms. The molecular formula is C16H21ClN2O5S2. The molecule has 10 heteroatoms. The molecular weight excluding hydrogens is 400 g/mol. The quantitative estimate of drug-likeness (QED) is 0.667. The number of hydrogen-bond acceptors (Lipinski definition) is 5. The Bertz CT molecular complexity index is 779. The van der Waals surface area contributed by atoms with Crippen LogP contribution in [-0.2, 0) is 14.8 Å². The van der Waals surface area contributed by atoms with Crippen LogP contribution in [0, 0.1) is 0 Å². The molecule has 1 saturated heterocycles. The largest absolute Gasteiger partial charge is 0.480 e. The molecule has 1 amide bonds. The lowest BCUT2D eigenvalue weighted by molar-refractivity contribution is -0.139. The molecule has 0 aromatic heterocycles. The predicted molar refractivity (Wildman–Crippen MR) is 101 cm³/mol. The van der Waals surface area contributed by atoms with Crippen molar-refractivity contribution < 1.29 is 23.1 Å². The van der Waals surface area contributed by atoms with E-state index in [9.17, 15) is 23.1 Å². The molecule has 144 valence electrons. The molecule has 26 heavy (non-hydrogen) atoms. The maximum atomic E-state index is 12.7. The SMILES string of the molecule is CSCC[C@H](NC(=O)c1ccc(Cl)c(S(=O)(=O)N2CCCC2)c1)C(=O)O. The highest BCUT2D eigenvalue weighted by Gasteiger charge is 2.30. The zero-order valence-corrected chi connectivity index (χ0v) is 16.7. The first-order valence-corrected chi connectivity index (χ1v) is 11.3. The number of thioether (sulfide) groups is 1. The van der Waals surface area contributed by atoms with Gasteiger partial charge in [-0.2, -0.15) is 16.1 Å². The van der Waals surface area contributed by atoms with Crippen LogP contribution in [0.25, 0.3) is 0 Å². The lowest BCUT2D eigenvalue weighted by atomic mass is 10.1. The summed E-state index contributed by atoms with van der Waals surface area (Å²) in [6, 6.07) is 2.90. The number of carboxylic acid groups (broad SMARTS) is 1. The summed E-state index contributed by atoms with van der Waals surface area (Å²) in [6.07, 6.45) is 3.68. The van der Waals surface area contributed by atoms with Gasteiger partial charge in [0.15, 0.2) is 0 Å². The van der Waals surface area contributed by atoms with Crippen molar-refractivity contribution in [3.8, 4) is 0 Å². The number of nitrogens with zero attached hydrogens (tertiary/aromatic N) is 1. The average Bonchev–Trinajstić information content (AvgIpc) is 3.13. The van der Waals surface area contributed by atoms with Crippen molar-refractivity contribution in [2.75, 3.05) is 25.1 Å². The summed E-state index contributed by atoms with van der Waals surface area (Å²) in [5, 5.41) is 11.7. The van der Waals surface area contributed by atoms with Gasteiger partial charge in [0.05, 0.1) is 5.02 Å². The third-order valence-corrected chi connectivity index (χ3v) is 7.11. The molecule has 1 heterocycles. The van der Waals surface area contributed by atoms with Crippen LogP contribution in [0.4, 0.5) is 0 Å². The van der Waals surface area contributed by atoms with Gasteiger partial charge in [0.2, 0.25) is 10.0 Å². The summed E-state index contributed by atoms with van der Waals surface area (Å²) in [5.41, 5.74) is 0.0579. The summed E-state index contributed by atoms with van der Waals surface area (Å²) in [5.74, 6) is -1.20. The summed E-state index contributed by atoms with van der Waals surface area (Å²) in [6.45, 7) is 0.843. The second-order valence-corrected chi connectivity index (χ2v) is 9.20. The maximum Gasteiger partial charge on any atom is 0.326 e. The first kappa shape index (κ1) is 21.0. The van der Waals surface area contributed by atoms with Crippen LogP contribution < -0.4 is 5.32 Å². The molecule has 0 aliphatic carbocycles. The fourth-order valence-electron chi connectivity index (χ4n) is 2.64. The number of amides is 1. The van der Waals surface area contributed by atoms with Crippen molar-refractivity contribution in [1.29, 1.82) is 0 Å². The van der Waals surface area contributed by atoms with Gasteiger partial charge in [-0.05, 0) is 49.5 Å². The van der Waals surface area contributed by atoms with Crippen molar-refractivity contribution in [3.05, 3.63) is 28.8 Å². The minimum absolute atomic E-state index is 0.0330. The molecule has 0 unspecified atom stereocenters. The van der Waals surface area contributed by atoms with E-state index in [1.165, 1.54) is 34.3 Å². The van der Waals surface area contributed by atoms with Gasteiger partial charge in [-0.3, -0.25) is 4.79 Å². The molecule has 1 aromatic carbocycles. The number of rotatable bonds is 8. The van der Waals surface area contributed by atoms with Crippen LogP contribution >= 0.6 is 23.4 Å². The maximum absolute atomic E-state index is 12.7. The van der Waals surface area contributed by atoms with Crippen LogP contribution in [0.3, 0.4) is 0 Å². The summed E-state index contributed by atoms with van der Waals surface area (Å²) < 4.78 is 26.8. The van der Waals surface area contributed by atoms with Gasteiger partial charge in [0.1, 0.15) is 10.9 Å². The summed E-state index contributed by atoms with van der Waals surface area (Å²) >= 11 is 7.53. The lowest BCUT2D eigenvalue weighted by Crippen LogP contribution is -2.41. The number of hydrogen-bond donors (Lipinski definition) is 2. The highest BCUT2D eigenvalue weighted by atomic mass is 35.5. The number of aliphatic carboxylic acids is 1. The number of nitrogens with one attached hydrogen (secondary N) is 1. The first-order valence-electron chi connectivity index (χ1n) is 8.09. The normalized spacial score (nSPS) is 16.4. The molecule has 1 atom stereocenters. The van der Waals surface area contributed by atoms with E-state index in [1.807, 2.05) is 6.26 Å². The van der Waals surface area contributed by atoms with Gasteiger partial charge in [0, 0.05) is 18.7 Å². The van der Waals surface area contributed by atoms with Crippen LogP contribution in [0.5, 0.6) is 0 Å². The van der Waals surface area contributed by atoms with Gasteiger partial charge in [-0.1, -0.05) is 11.6 Å². The number of carbonyl (C=O) groups excluding carboxylic acids is 1. The molecule has 1 aliphatic heterocycles. The molecule has 0 saturated carbocycles. The fourth-order valence-corrected chi connectivity index (χ4v) is 5.13. The predicted octanol–water partition coefficient (Wildman–Crippen LogP) is 2.06. The van der Waals surface area contributed by atoms with Gasteiger partial charge in [0.25, 0.3) is 5.91 Å². The van der Waals surface area contributed by atoms with Gasteiger partial charge < -0.3 is 10.4 Å². The first-order chi connectivity index (χ1) is 12.3. The third-order valence-electron chi connectivity index (χ3n) is 4.09. The topological polar surface area (TPSA) is 104 Å². The van der Waals surface area contributed by atoms with Crippen molar-refractivity contribution in [2.45, 2.75) is 30.2 Å². The van der Waals surface area contributed by atoms with E-state index in [-0.39, 0.29) is 21.9 Å². The van der Waals surface area contributed by atoms with Crippen molar-refractivity contribution in [3.63, 3.8) is 0 Å². The molecule has 7 nitrogen and oxygen atoms in total. The van der Waals surface area contributed by atoms with E-state index in [0.29, 0.717) is 18.8 Å². The average molecular weight is 421 g/mol. The molecule has 0 bridgehead atoms. The Kier molecular flexibility index (Phi) is 7.33. The standard InChI is InChI=1S/C16H21ClN2O5S2/c1-25-9-6-13(16(21)22)18-15(20)11-4-5-12(17)14(10-11)26(23,24)19-7-2-3-8-19/h4-5,10,13H,2-3,6-9H2,1H3,(H,18,20)(H,21,22)/t13-/m0/s1. The van der Waals surface area contributed by atoms with Crippen LogP contribution in [0.2, 0.25) is 5.02 Å². The highest BCUT2D eigenvalue weighted by Crippen LogP contribution is 2.28. The molecule has 0 radical (unpaired) electrons. The number of carbonyl (C=O) groups is 2. The van der Waals surface area contributed by atoms with E-state index in [2.05, 4.69) is 5.32 Å². The van der Waals surface area contributed by atoms with Crippen molar-refractivity contribution in [1.82, 2.24) is 9.62 Å². The second kappa shape index (κ2) is 9.07. The molecule has 2 N–H and O–H groups in total. The number of halogens is 1. The third kappa shape index (κ3) is 4.91. The Morgan fingerprint density at radius 3 is 2.58 bits per heavy atom. The summed E-state index contributed by atoms with van der Waals surface area (Å²) in [7, 11) is -3.78. The second-order valence-electron chi connectivity index (χ2n) is 5.90. The Balaban J connectivity index is 2.25. The van der Waals surface area contributed by atoms with Gasteiger partial charge in [-0.25, -0.2) is 13.2 Å². The smallest absolute Gasteiger partial charge is 0.326 e. The van der Waals surface area contributed by atoms with Crippen LogP contribution in [0.1, 0.15) is 29.6 Å². The van der Waals surface area contributed by atoms with Crippen molar-refractivity contribution in [2.24, 2.45) is 0 Å². The van der Waals surface area contributed by atoms with E-state index >= 15 is 0 Å². The van der Waals surface area contributed by atoms with Crippen LogP contribution in [0.15, 0.2) is 23.1 Å². The Labute approximate surface area is 162 Å². The molecule has 1 aromatic rings. The van der Waals surface area contributed by atoms with E-state index in [4.69, 9.17) is 11.6 Å². The zero-order valence-electron chi connectivity index (χ0n) is 14.3. The Hall–Kier alpha value is -1.29. The summed E-state index contributed by atoms with van der Waals surface area (Å²) in [4.78, 5) is 23.5. The minimum Gasteiger partial charge on any atom is -0.480 e. The number of sulfonamides is 1. The Morgan fingerprint density at radius 2 is 2.00 bits per heavy atom. The number of benzene rings is 1. The molecule has 1 aliphatic rings. The van der Waals surface area contributed by atoms with Gasteiger partial charge >= 0.3 is 5.97 Å². The van der Waals surface area contributed by atoms with E-state index in [0.717, 1.165) is 12.8 Å². The Morgan fingerprint density at radius 1 is 1.35 bits per heavy atom. The highest BCUT2D eigenvalue weighted by molar-refractivity contribution is 7.98. The van der Waals surface area contributed by atoms with Crippen LogP contribution in [-0.4, -0.2) is 60.8 Å². The minimum atomic E-state index is -3.78. The monoisotopic (exact) mass is 420 g/mol.